The molecule has 0 unspecified atom stereocenters. The van der Waals surface area contributed by atoms with Gasteiger partial charge in [-0.1, -0.05) is 0 Å². The molecule has 1 atom stereocenters. The molecule has 1 aromatic carbocycles. The average molecular weight is 360 g/mol. The zero-order valence-electron chi connectivity index (χ0n) is 13.2. The number of rotatable bonds is 3. The van der Waals surface area contributed by atoms with Gasteiger partial charge < -0.3 is 9.47 Å². The first kappa shape index (κ1) is 16.2. The number of pyridine rings is 1. The Morgan fingerprint density at radius 2 is 2.15 bits per heavy atom. The number of alkyl halides is 3. The normalized spacial score (nSPS) is 16.2. The van der Waals surface area contributed by atoms with E-state index in [1.165, 1.54) is 6.07 Å². The standard InChI is InChI=1S/C17H11F3N4O2/c18-17(19,20)11-2-4-15(22-7-11)25-9-12-8-24-14-3-1-10(6-21)5-13(14)23-16(24)26-12/h1-5,7,12H,8-9H2/t12-/m0/s1. The third kappa shape index (κ3) is 2.90. The van der Waals surface area contributed by atoms with Crippen molar-refractivity contribution in [2.45, 2.75) is 18.8 Å². The van der Waals surface area contributed by atoms with Crippen LogP contribution in [0.25, 0.3) is 11.0 Å². The molecule has 4 rings (SSSR count). The Morgan fingerprint density at radius 1 is 1.31 bits per heavy atom. The summed E-state index contributed by atoms with van der Waals surface area (Å²) in [5.41, 5.74) is 1.20. The van der Waals surface area contributed by atoms with Crippen LogP contribution in [-0.4, -0.2) is 27.2 Å². The number of halogens is 3. The van der Waals surface area contributed by atoms with Crippen LogP contribution >= 0.6 is 0 Å². The van der Waals surface area contributed by atoms with Gasteiger partial charge in [-0.15, -0.1) is 0 Å². The molecule has 3 heterocycles. The van der Waals surface area contributed by atoms with Crippen LogP contribution in [0.4, 0.5) is 13.2 Å². The summed E-state index contributed by atoms with van der Waals surface area (Å²) in [6, 6.07) is 9.76. The molecule has 3 aromatic rings. The molecule has 0 bridgehead atoms. The van der Waals surface area contributed by atoms with Gasteiger partial charge in [-0.25, -0.2) is 4.98 Å². The lowest BCUT2D eigenvalue weighted by atomic mass is 10.2. The Morgan fingerprint density at radius 3 is 2.85 bits per heavy atom. The second-order valence-corrected chi connectivity index (χ2v) is 5.75. The SMILES string of the molecule is N#Cc1ccc2c(c1)nc1n2C[C@@H](COc2ccc(C(F)(F)F)cn2)O1. The number of nitrogens with zero attached hydrogens (tertiary/aromatic N) is 4. The summed E-state index contributed by atoms with van der Waals surface area (Å²) < 4.78 is 50.5. The van der Waals surface area contributed by atoms with Crippen LogP contribution in [0.3, 0.4) is 0 Å². The maximum atomic E-state index is 12.5. The Balaban J connectivity index is 1.42. The number of nitriles is 1. The molecule has 1 aliphatic rings. The van der Waals surface area contributed by atoms with Crippen LogP contribution < -0.4 is 9.47 Å². The Hall–Kier alpha value is -3.28. The fraction of sp³-hybridized carbons (Fsp3) is 0.235. The third-order valence-electron chi connectivity index (χ3n) is 3.98. The quantitative estimate of drug-likeness (QED) is 0.717. The van der Waals surface area contributed by atoms with Gasteiger partial charge in [0.1, 0.15) is 6.61 Å². The second kappa shape index (κ2) is 5.91. The highest BCUT2D eigenvalue weighted by molar-refractivity contribution is 5.78. The van der Waals surface area contributed by atoms with Gasteiger partial charge in [0.2, 0.25) is 5.88 Å². The lowest BCUT2D eigenvalue weighted by Crippen LogP contribution is -2.24. The summed E-state index contributed by atoms with van der Waals surface area (Å²) in [7, 11) is 0. The zero-order valence-corrected chi connectivity index (χ0v) is 13.2. The van der Waals surface area contributed by atoms with Crippen molar-refractivity contribution in [3.63, 3.8) is 0 Å². The molecule has 0 radical (unpaired) electrons. The molecule has 0 fully saturated rings. The minimum Gasteiger partial charge on any atom is -0.474 e. The van der Waals surface area contributed by atoms with E-state index in [9.17, 15) is 13.2 Å². The predicted octanol–water partition coefficient (Wildman–Crippen LogP) is 3.16. The first-order valence-corrected chi connectivity index (χ1v) is 7.67. The molecule has 0 amide bonds. The average Bonchev–Trinajstić information content (AvgIpc) is 3.16. The van der Waals surface area contributed by atoms with Gasteiger partial charge in [0, 0.05) is 12.3 Å². The molecule has 26 heavy (non-hydrogen) atoms. The summed E-state index contributed by atoms with van der Waals surface area (Å²) in [5.74, 6) is 0.0923. The number of hydrogen-bond acceptors (Lipinski definition) is 5. The molecule has 0 aliphatic carbocycles. The maximum Gasteiger partial charge on any atom is 0.417 e. The third-order valence-corrected chi connectivity index (χ3v) is 3.98. The number of fused-ring (bicyclic) bond motifs is 3. The predicted molar refractivity (Wildman–Crippen MR) is 83.6 cm³/mol. The highest BCUT2D eigenvalue weighted by atomic mass is 19.4. The van der Waals surface area contributed by atoms with Crippen molar-refractivity contribution in [3.05, 3.63) is 47.7 Å². The smallest absolute Gasteiger partial charge is 0.417 e. The van der Waals surface area contributed by atoms with Crippen LogP contribution in [0.1, 0.15) is 11.1 Å². The monoisotopic (exact) mass is 360 g/mol. The van der Waals surface area contributed by atoms with Crippen molar-refractivity contribution in [1.82, 2.24) is 14.5 Å². The van der Waals surface area contributed by atoms with Crippen molar-refractivity contribution < 1.29 is 22.6 Å². The van der Waals surface area contributed by atoms with Gasteiger partial charge in [-0.2, -0.15) is 23.4 Å². The van der Waals surface area contributed by atoms with Gasteiger partial charge in [-0.05, 0) is 24.3 Å². The van der Waals surface area contributed by atoms with E-state index in [-0.39, 0.29) is 18.6 Å². The molecule has 0 N–H and O–H groups in total. The molecular weight excluding hydrogens is 349 g/mol. The van der Waals surface area contributed by atoms with E-state index in [1.807, 2.05) is 4.57 Å². The summed E-state index contributed by atoms with van der Waals surface area (Å²) in [6.45, 7) is 0.609. The van der Waals surface area contributed by atoms with E-state index < -0.39 is 11.7 Å². The van der Waals surface area contributed by atoms with E-state index in [1.54, 1.807) is 18.2 Å². The lowest BCUT2D eigenvalue weighted by Gasteiger charge is -2.12. The number of benzene rings is 1. The molecule has 1 aliphatic heterocycles. The number of hydrogen-bond donors (Lipinski definition) is 0. The van der Waals surface area contributed by atoms with E-state index >= 15 is 0 Å². The molecule has 9 heteroatoms. The molecule has 2 aromatic heterocycles. The van der Waals surface area contributed by atoms with Crippen molar-refractivity contribution in [2.24, 2.45) is 0 Å². The van der Waals surface area contributed by atoms with E-state index in [0.29, 0.717) is 23.6 Å². The van der Waals surface area contributed by atoms with Crippen molar-refractivity contribution in [3.8, 4) is 18.0 Å². The molecular formula is C17H11F3N4O2. The Bertz CT molecular complexity index is 1010. The van der Waals surface area contributed by atoms with Gasteiger partial charge in [0.05, 0.1) is 34.8 Å². The molecule has 6 nitrogen and oxygen atoms in total. The zero-order chi connectivity index (χ0) is 18.3. The second-order valence-electron chi connectivity index (χ2n) is 5.75. The number of ether oxygens (including phenoxy) is 2. The summed E-state index contributed by atoms with van der Waals surface area (Å²) >= 11 is 0. The number of imidazole rings is 1. The highest BCUT2D eigenvalue weighted by Crippen LogP contribution is 2.30. The fourth-order valence-electron chi connectivity index (χ4n) is 2.73. The van der Waals surface area contributed by atoms with Crippen molar-refractivity contribution in [1.29, 1.82) is 5.26 Å². The van der Waals surface area contributed by atoms with Gasteiger partial charge in [-0.3, -0.25) is 4.57 Å². The summed E-state index contributed by atoms with van der Waals surface area (Å²) in [5, 5.41) is 8.93. The topological polar surface area (TPSA) is 73.0 Å². The minimum absolute atomic E-state index is 0.0923. The summed E-state index contributed by atoms with van der Waals surface area (Å²) in [4.78, 5) is 8.00. The van der Waals surface area contributed by atoms with Gasteiger partial charge in [0.15, 0.2) is 6.10 Å². The Kier molecular flexibility index (Phi) is 3.68. The van der Waals surface area contributed by atoms with Gasteiger partial charge in [0.25, 0.3) is 6.01 Å². The molecule has 0 spiro atoms. The van der Waals surface area contributed by atoms with Crippen LogP contribution in [-0.2, 0) is 12.7 Å². The molecule has 132 valence electrons. The van der Waals surface area contributed by atoms with E-state index in [4.69, 9.17) is 14.7 Å². The van der Waals surface area contributed by atoms with Crippen molar-refractivity contribution in [2.75, 3.05) is 6.61 Å². The molecule has 0 saturated carbocycles. The van der Waals surface area contributed by atoms with Crippen LogP contribution in [0.15, 0.2) is 36.5 Å². The first-order valence-electron chi connectivity index (χ1n) is 7.67. The first-order chi connectivity index (χ1) is 12.4. The summed E-state index contributed by atoms with van der Waals surface area (Å²) in [6.07, 6.45) is -4.03. The lowest BCUT2D eigenvalue weighted by molar-refractivity contribution is -0.137. The molecule has 0 saturated heterocycles. The van der Waals surface area contributed by atoms with Crippen LogP contribution in [0.2, 0.25) is 0 Å². The largest absolute Gasteiger partial charge is 0.474 e. The maximum absolute atomic E-state index is 12.5. The van der Waals surface area contributed by atoms with Gasteiger partial charge >= 0.3 is 6.18 Å². The van der Waals surface area contributed by atoms with Crippen molar-refractivity contribution >= 4 is 11.0 Å². The Labute approximate surface area is 145 Å². The highest BCUT2D eigenvalue weighted by Gasteiger charge is 2.31. The van der Waals surface area contributed by atoms with E-state index in [0.717, 1.165) is 17.8 Å². The fourth-order valence-corrected chi connectivity index (χ4v) is 2.73. The number of aromatic nitrogens is 3. The van der Waals surface area contributed by atoms with Crippen LogP contribution in [0, 0.1) is 11.3 Å². The van der Waals surface area contributed by atoms with E-state index in [2.05, 4.69) is 16.0 Å². The minimum atomic E-state index is -4.43. The van der Waals surface area contributed by atoms with Crippen LogP contribution in [0.5, 0.6) is 11.9 Å².